The molecule has 0 radical (unpaired) electrons. The highest BCUT2D eigenvalue weighted by atomic mass is 16.5. The van der Waals surface area contributed by atoms with Gasteiger partial charge in [0.25, 0.3) is 6.33 Å². The van der Waals surface area contributed by atoms with E-state index in [4.69, 9.17) is 4.74 Å². The second-order valence-electron chi connectivity index (χ2n) is 6.44. The Morgan fingerprint density at radius 3 is 2.12 bits per heavy atom. The van der Waals surface area contributed by atoms with Gasteiger partial charge in [-0.2, -0.15) is 0 Å². The van der Waals surface area contributed by atoms with Gasteiger partial charge in [-0.05, 0) is 26.2 Å². The SMILES string of the molecule is C=C(C)C(=O)OCCCCCCCCCCCC[n+]1cccnc1. The fraction of sp³-hybridized carbons (Fsp3) is 0.650. The summed E-state index contributed by atoms with van der Waals surface area (Å²) >= 11 is 0. The molecular weight excluding hydrogens is 300 g/mol. The number of aromatic nitrogens is 2. The number of esters is 1. The fourth-order valence-corrected chi connectivity index (χ4v) is 2.59. The third kappa shape index (κ3) is 10.9. The molecule has 0 aliphatic carbocycles. The van der Waals surface area contributed by atoms with Crippen LogP contribution in [0.2, 0.25) is 0 Å². The number of carbonyl (C=O) groups is 1. The summed E-state index contributed by atoms with van der Waals surface area (Å²) in [4.78, 5) is 15.3. The standard InChI is InChI=1S/C20H33N2O2/c1-19(2)20(23)24-17-12-10-8-6-4-3-5-7-9-11-15-22-16-13-14-21-18-22/h13-14,16,18H,1,3-12,15,17H2,2H3/q+1. The van der Waals surface area contributed by atoms with E-state index in [1.165, 1.54) is 51.4 Å². The van der Waals surface area contributed by atoms with Crippen molar-refractivity contribution in [2.75, 3.05) is 6.61 Å². The van der Waals surface area contributed by atoms with Gasteiger partial charge in [0, 0.05) is 11.6 Å². The van der Waals surface area contributed by atoms with E-state index in [2.05, 4.69) is 22.3 Å². The fourth-order valence-electron chi connectivity index (χ4n) is 2.59. The van der Waals surface area contributed by atoms with Crippen LogP contribution in [0.3, 0.4) is 0 Å². The first-order valence-corrected chi connectivity index (χ1v) is 9.32. The van der Waals surface area contributed by atoms with Gasteiger partial charge in [0.2, 0.25) is 0 Å². The van der Waals surface area contributed by atoms with Crippen molar-refractivity contribution >= 4 is 5.97 Å². The Labute approximate surface area is 147 Å². The smallest absolute Gasteiger partial charge is 0.333 e. The van der Waals surface area contributed by atoms with Gasteiger partial charge in [-0.3, -0.25) is 0 Å². The van der Waals surface area contributed by atoms with Crippen molar-refractivity contribution in [2.45, 2.75) is 77.7 Å². The zero-order chi connectivity index (χ0) is 17.5. The molecule has 0 fully saturated rings. The number of aryl methyl sites for hydroxylation is 1. The maximum atomic E-state index is 11.2. The molecule has 1 rings (SSSR count). The molecule has 24 heavy (non-hydrogen) atoms. The van der Waals surface area contributed by atoms with Crippen molar-refractivity contribution in [2.24, 2.45) is 0 Å². The highest BCUT2D eigenvalue weighted by Gasteiger charge is 2.01. The van der Waals surface area contributed by atoms with E-state index in [0.717, 1.165) is 19.4 Å². The molecule has 0 saturated heterocycles. The van der Waals surface area contributed by atoms with Crippen LogP contribution in [0.1, 0.15) is 71.1 Å². The Morgan fingerprint density at radius 1 is 1.00 bits per heavy atom. The molecule has 0 aliphatic rings. The Bertz CT molecular complexity index is 460. The lowest BCUT2D eigenvalue weighted by Crippen LogP contribution is -2.32. The summed E-state index contributed by atoms with van der Waals surface area (Å²) in [6.07, 6.45) is 18.3. The summed E-state index contributed by atoms with van der Waals surface area (Å²) in [7, 11) is 0. The van der Waals surface area contributed by atoms with Gasteiger partial charge in [0.15, 0.2) is 0 Å². The molecule has 0 atom stereocenters. The van der Waals surface area contributed by atoms with Crippen molar-refractivity contribution in [1.29, 1.82) is 0 Å². The molecule has 0 N–H and O–H groups in total. The van der Waals surface area contributed by atoms with Crippen LogP contribution < -0.4 is 4.57 Å². The van der Waals surface area contributed by atoms with E-state index >= 15 is 0 Å². The van der Waals surface area contributed by atoms with E-state index in [0.29, 0.717) is 12.2 Å². The first-order valence-electron chi connectivity index (χ1n) is 9.32. The summed E-state index contributed by atoms with van der Waals surface area (Å²) in [5.41, 5.74) is 0.481. The molecule has 134 valence electrons. The number of hydrogen-bond acceptors (Lipinski definition) is 3. The van der Waals surface area contributed by atoms with Crippen molar-refractivity contribution in [3.8, 4) is 0 Å². The summed E-state index contributed by atoms with van der Waals surface area (Å²) in [6.45, 7) is 6.85. The van der Waals surface area contributed by atoms with Gasteiger partial charge >= 0.3 is 5.97 Å². The largest absolute Gasteiger partial charge is 0.462 e. The minimum absolute atomic E-state index is 0.267. The van der Waals surface area contributed by atoms with Crippen molar-refractivity contribution in [3.63, 3.8) is 0 Å². The van der Waals surface area contributed by atoms with Crippen LogP contribution in [-0.2, 0) is 16.1 Å². The average molecular weight is 333 g/mol. The van der Waals surface area contributed by atoms with Crippen LogP contribution in [0.15, 0.2) is 36.9 Å². The predicted octanol–water partition coefficient (Wildman–Crippen LogP) is 4.39. The summed E-state index contributed by atoms with van der Waals surface area (Å²) < 4.78 is 7.22. The third-order valence-electron chi connectivity index (χ3n) is 4.06. The van der Waals surface area contributed by atoms with Gasteiger partial charge in [-0.25, -0.2) is 9.36 Å². The lowest BCUT2D eigenvalue weighted by atomic mass is 10.1. The molecule has 1 heterocycles. The Morgan fingerprint density at radius 2 is 1.58 bits per heavy atom. The summed E-state index contributed by atoms with van der Waals surface area (Å²) in [5.74, 6) is -0.267. The first-order chi connectivity index (χ1) is 11.7. The van der Waals surface area contributed by atoms with Crippen LogP contribution in [0.5, 0.6) is 0 Å². The molecule has 0 unspecified atom stereocenters. The van der Waals surface area contributed by atoms with E-state index < -0.39 is 0 Å². The van der Waals surface area contributed by atoms with Gasteiger partial charge < -0.3 is 4.74 Å². The summed E-state index contributed by atoms with van der Waals surface area (Å²) in [5, 5.41) is 0. The van der Waals surface area contributed by atoms with Gasteiger partial charge in [0.1, 0.15) is 6.20 Å². The first kappa shape index (κ1) is 20.3. The molecule has 0 aliphatic heterocycles. The summed E-state index contributed by atoms with van der Waals surface area (Å²) in [6, 6.07) is 1.98. The molecule has 0 amide bonds. The number of unbranched alkanes of at least 4 members (excludes halogenated alkanes) is 9. The van der Waals surface area contributed by atoms with Gasteiger partial charge in [0.05, 0.1) is 19.3 Å². The van der Waals surface area contributed by atoms with Gasteiger partial charge in [-0.15, -0.1) is 0 Å². The molecule has 0 bridgehead atoms. The highest BCUT2D eigenvalue weighted by molar-refractivity contribution is 5.86. The second-order valence-corrected chi connectivity index (χ2v) is 6.44. The van der Waals surface area contributed by atoms with E-state index in [1.807, 2.05) is 18.6 Å². The number of carbonyl (C=O) groups excluding carboxylic acids is 1. The van der Waals surface area contributed by atoms with Crippen LogP contribution in [-0.4, -0.2) is 17.6 Å². The average Bonchev–Trinajstić information content (AvgIpc) is 2.59. The normalized spacial score (nSPS) is 10.5. The zero-order valence-corrected chi connectivity index (χ0v) is 15.2. The molecule has 1 aromatic heterocycles. The van der Waals surface area contributed by atoms with Crippen LogP contribution in [0.4, 0.5) is 0 Å². The lowest BCUT2D eigenvalue weighted by Gasteiger charge is -2.04. The molecule has 1 aromatic rings. The lowest BCUT2D eigenvalue weighted by molar-refractivity contribution is -0.700. The van der Waals surface area contributed by atoms with Crippen molar-refractivity contribution in [1.82, 2.24) is 4.98 Å². The molecule has 4 heteroatoms. The van der Waals surface area contributed by atoms with E-state index in [9.17, 15) is 4.79 Å². The Balaban J connectivity index is 1.78. The van der Waals surface area contributed by atoms with Gasteiger partial charge in [-0.1, -0.05) is 56.5 Å². The van der Waals surface area contributed by atoms with Crippen LogP contribution in [0.25, 0.3) is 0 Å². The molecule has 0 aromatic carbocycles. The minimum Gasteiger partial charge on any atom is -0.462 e. The molecular formula is C20H33N2O2+. The number of ether oxygens (including phenoxy) is 1. The molecule has 0 spiro atoms. The zero-order valence-electron chi connectivity index (χ0n) is 15.2. The topological polar surface area (TPSA) is 43.1 Å². The van der Waals surface area contributed by atoms with Crippen LogP contribution in [0, 0.1) is 0 Å². The highest BCUT2D eigenvalue weighted by Crippen LogP contribution is 2.10. The Kier molecular flexibility index (Phi) is 11.6. The Hall–Kier alpha value is -1.71. The number of rotatable bonds is 14. The molecule has 4 nitrogen and oxygen atoms in total. The van der Waals surface area contributed by atoms with E-state index in [1.54, 1.807) is 6.92 Å². The maximum absolute atomic E-state index is 11.2. The van der Waals surface area contributed by atoms with E-state index in [-0.39, 0.29) is 5.97 Å². The van der Waals surface area contributed by atoms with Crippen LogP contribution >= 0.6 is 0 Å². The second kappa shape index (κ2) is 13.7. The predicted molar refractivity (Wildman–Crippen MR) is 96.4 cm³/mol. The third-order valence-corrected chi connectivity index (χ3v) is 4.06. The minimum atomic E-state index is -0.267. The molecule has 0 saturated carbocycles. The monoisotopic (exact) mass is 333 g/mol. The quantitative estimate of drug-likeness (QED) is 0.219. The number of hydrogen-bond donors (Lipinski definition) is 0. The number of nitrogens with zero attached hydrogens (tertiary/aromatic N) is 2. The van der Waals surface area contributed by atoms with Crippen molar-refractivity contribution < 1.29 is 14.1 Å². The van der Waals surface area contributed by atoms with Crippen molar-refractivity contribution in [3.05, 3.63) is 36.9 Å². The maximum Gasteiger partial charge on any atom is 0.333 e.